The molecule has 0 radical (unpaired) electrons. The number of carbonyl (C=O) groups excluding carboxylic acids is 1. The molecule has 2 amide bonds. The molecule has 5 heteroatoms. The predicted molar refractivity (Wildman–Crippen MR) is 75.3 cm³/mol. The summed E-state index contributed by atoms with van der Waals surface area (Å²) in [5.74, 6) is 0.365. The van der Waals surface area contributed by atoms with Crippen LogP contribution in [-0.2, 0) is 0 Å². The van der Waals surface area contributed by atoms with E-state index < -0.39 is 0 Å². The van der Waals surface area contributed by atoms with E-state index in [1.165, 1.54) is 25.0 Å². The molecule has 0 unspecified atom stereocenters. The molecular weight excluding hydrogens is 259 g/mol. The molecule has 2 rings (SSSR count). The number of halogens is 1. The Morgan fingerprint density at radius 1 is 1.25 bits per heavy atom. The Balaban J connectivity index is 1.52. The van der Waals surface area contributed by atoms with E-state index >= 15 is 0 Å². The second-order valence-electron chi connectivity index (χ2n) is 5.04. The summed E-state index contributed by atoms with van der Waals surface area (Å²) in [5, 5.41) is 5.78. The van der Waals surface area contributed by atoms with Crippen molar-refractivity contribution in [2.75, 3.05) is 13.2 Å². The van der Waals surface area contributed by atoms with E-state index in [4.69, 9.17) is 4.74 Å². The van der Waals surface area contributed by atoms with Crippen LogP contribution in [0.25, 0.3) is 0 Å². The first-order chi connectivity index (χ1) is 9.74. The minimum absolute atomic E-state index is 0.0984. The number of rotatable bonds is 6. The van der Waals surface area contributed by atoms with E-state index in [2.05, 4.69) is 10.6 Å². The number of amides is 2. The van der Waals surface area contributed by atoms with Crippen LogP contribution >= 0.6 is 0 Å². The lowest BCUT2D eigenvalue weighted by atomic mass is 10.2. The van der Waals surface area contributed by atoms with Gasteiger partial charge >= 0.3 is 6.03 Å². The van der Waals surface area contributed by atoms with Crippen LogP contribution < -0.4 is 15.4 Å². The van der Waals surface area contributed by atoms with Gasteiger partial charge in [0, 0.05) is 12.6 Å². The van der Waals surface area contributed by atoms with Crippen molar-refractivity contribution in [3.05, 3.63) is 30.1 Å². The van der Waals surface area contributed by atoms with Crippen LogP contribution in [0.1, 0.15) is 32.1 Å². The number of nitrogens with one attached hydrogen (secondary N) is 2. The number of urea groups is 1. The molecular formula is C15H21FN2O2. The Bertz CT molecular complexity index is 416. The van der Waals surface area contributed by atoms with Gasteiger partial charge in [0.05, 0.1) is 6.61 Å². The molecule has 0 heterocycles. The van der Waals surface area contributed by atoms with Gasteiger partial charge in [-0.05, 0) is 43.5 Å². The molecule has 1 aromatic rings. The minimum Gasteiger partial charge on any atom is -0.494 e. The van der Waals surface area contributed by atoms with Gasteiger partial charge in [0.1, 0.15) is 11.6 Å². The van der Waals surface area contributed by atoms with Crippen molar-refractivity contribution in [3.63, 3.8) is 0 Å². The molecule has 0 spiro atoms. The van der Waals surface area contributed by atoms with E-state index in [1.807, 2.05) is 0 Å². The topological polar surface area (TPSA) is 50.4 Å². The number of ether oxygens (including phenoxy) is 1. The van der Waals surface area contributed by atoms with E-state index in [0.29, 0.717) is 24.9 Å². The van der Waals surface area contributed by atoms with Crippen molar-refractivity contribution >= 4 is 6.03 Å². The molecule has 4 nitrogen and oxygen atoms in total. The first-order valence-electron chi connectivity index (χ1n) is 7.17. The van der Waals surface area contributed by atoms with Gasteiger partial charge < -0.3 is 15.4 Å². The van der Waals surface area contributed by atoms with E-state index in [9.17, 15) is 9.18 Å². The highest BCUT2D eigenvalue weighted by atomic mass is 19.1. The van der Waals surface area contributed by atoms with Crippen LogP contribution in [0, 0.1) is 5.82 Å². The van der Waals surface area contributed by atoms with Gasteiger partial charge in [-0.1, -0.05) is 12.8 Å². The molecule has 110 valence electrons. The molecule has 1 fully saturated rings. The average molecular weight is 280 g/mol. The van der Waals surface area contributed by atoms with Crippen LogP contribution in [0.3, 0.4) is 0 Å². The quantitative estimate of drug-likeness (QED) is 0.787. The number of hydrogen-bond donors (Lipinski definition) is 2. The number of hydrogen-bond acceptors (Lipinski definition) is 2. The van der Waals surface area contributed by atoms with Crippen LogP contribution in [-0.4, -0.2) is 25.2 Å². The summed E-state index contributed by atoms with van der Waals surface area (Å²) in [6.45, 7) is 1.06. The maximum absolute atomic E-state index is 12.7. The summed E-state index contributed by atoms with van der Waals surface area (Å²) in [6, 6.07) is 6.15. The Hall–Kier alpha value is -1.78. The molecule has 0 aliphatic heterocycles. The van der Waals surface area contributed by atoms with Crippen LogP contribution in [0.15, 0.2) is 24.3 Å². The average Bonchev–Trinajstić information content (AvgIpc) is 2.93. The summed E-state index contributed by atoms with van der Waals surface area (Å²) >= 11 is 0. The lowest BCUT2D eigenvalue weighted by Crippen LogP contribution is -2.41. The Labute approximate surface area is 118 Å². The van der Waals surface area contributed by atoms with Gasteiger partial charge in [0.2, 0.25) is 0 Å². The van der Waals surface area contributed by atoms with Crippen LogP contribution in [0.2, 0.25) is 0 Å². The number of carbonyl (C=O) groups is 1. The summed E-state index contributed by atoms with van der Waals surface area (Å²) in [5.41, 5.74) is 0. The zero-order chi connectivity index (χ0) is 14.2. The maximum Gasteiger partial charge on any atom is 0.315 e. The van der Waals surface area contributed by atoms with Crippen molar-refractivity contribution in [1.82, 2.24) is 10.6 Å². The van der Waals surface area contributed by atoms with Gasteiger partial charge in [-0.3, -0.25) is 0 Å². The lowest BCUT2D eigenvalue weighted by molar-refractivity contribution is 0.235. The lowest BCUT2D eigenvalue weighted by Gasteiger charge is -2.13. The van der Waals surface area contributed by atoms with E-state index in [1.54, 1.807) is 12.1 Å². The second kappa shape index (κ2) is 7.72. The fourth-order valence-electron chi connectivity index (χ4n) is 2.30. The molecule has 2 N–H and O–H groups in total. The third-order valence-electron chi connectivity index (χ3n) is 3.38. The Morgan fingerprint density at radius 2 is 1.95 bits per heavy atom. The predicted octanol–water partition coefficient (Wildman–Crippen LogP) is 2.84. The second-order valence-corrected chi connectivity index (χ2v) is 5.04. The highest BCUT2D eigenvalue weighted by Crippen LogP contribution is 2.17. The molecule has 1 aliphatic rings. The molecule has 20 heavy (non-hydrogen) atoms. The van der Waals surface area contributed by atoms with Crippen LogP contribution in [0.5, 0.6) is 5.75 Å². The highest BCUT2D eigenvalue weighted by Gasteiger charge is 2.16. The molecule has 1 saturated carbocycles. The molecule has 0 atom stereocenters. The summed E-state index contributed by atoms with van der Waals surface area (Å²) in [4.78, 5) is 11.6. The van der Waals surface area contributed by atoms with Crippen molar-refractivity contribution in [2.45, 2.75) is 38.1 Å². The van der Waals surface area contributed by atoms with Gasteiger partial charge in [0.15, 0.2) is 0 Å². The van der Waals surface area contributed by atoms with Crippen molar-refractivity contribution < 1.29 is 13.9 Å². The Kier molecular flexibility index (Phi) is 5.65. The molecule has 0 saturated heterocycles. The summed E-state index contributed by atoms with van der Waals surface area (Å²) < 4.78 is 18.1. The fourth-order valence-corrected chi connectivity index (χ4v) is 2.30. The van der Waals surface area contributed by atoms with E-state index in [-0.39, 0.29) is 11.8 Å². The Morgan fingerprint density at radius 3 is 2.65 bits per heavy atom. The third kappa shape index (κ3) is 5.07. The van der Waals surface area contributed by atoms with E-state index in [0.717, 1.165) is 19.3 Å². The molecule has 1 aromatic carbocycles. The van der Waals surface area contributed by atoms with Crippen molar-refractivity contribution in [2.24, 2.45) is 0 Å². The summed E-state index contributed by atoms with van der Waals surface area (Å²) in [7, 11) is 0. The highest BCUT2D eigenvalue weighted by molar-refractivity contribution is 5.74. The molecule has 0 bridgehead atoms. The van der Waals surface area contributed by atoms with Gasteiger partial charge in [-0.25, -0.2) is 9.18 Å². The van der Waals surface area contributed by atoms with Gasteiger partial charge in [-0.15, -0.1) is 0 Å². The zero-order valence-electron chi connectivity index (χ0n) is 11.5. The standard InChI is InChI=1S/C15H21FN2O2/c16-12-6-8-14(9-7-12)20-11-3-10-17-15(19)18-13-4-1-2-5-13/h6-9,13H,1-5,10-11H2,(H2,17,18,19). The normalized spacial score (nSPS) is 15.1. The third-order valence-corrected chi connectivity index (χ3v) is 3.38. The minimum atomic E-state index is -0.275. The number of benzene rings is 1. The first kappa shape index (κ1) is 14.6. The van der Waals surface area contributed by atoms with Crippen molar-refractivity contribution in [1.29, 1.82) is 0 Å². The first-order valence-corrected chi connectivity index (χ1v) is 7.17. The van der Waals surface area contributed by atoms with Gasteiger partial charge in [0.25, 0.3) is 0 Å². The van der Waals surface area contributed by atoms with Crippen LogP contribution in [0.4, 0.5) is 9.18 Å². The monoisotopic (exact) mass is 280 g/mol. The molecule has 1 aliphatic carbocycles. The fraction of sp³-hybridized carbons (Fsp3) is 0.533. The zero-order valence-corrected chi connectivity index (χ0v) is 11.5. The largest absolute Gasteiger partial charge is 0.494 e. The SMILES string of the molecule is O=C(NCCCOc1ccc(F)cc1)NC1CCCC1. The maximum atomic E-state index is 12.7. The molecule has 0 aromatic heterocycles. The van der Waals surface area contributed by atoms with Crippen molar-refractivity contribution in [3.8, 4) is 5.75 Å². The van der Waals surface area contributed by atoms with Gasteiger partial charge in [-0.2, -0.15) is 0 Å². The summed E-state index contributed by atoms with van der Waals surface area (Å²) in [6.07, 6.45) is 5.30. The smallest absolute Gasteiger partial charge is 0.315 e.